The number of hydrogen-bond donors (Lipinski definition) is 1. The lowest BCUT2D eigenvalue weighted by Crippen LogP contribution is -2.30. The lowest BCUT2D eigenvalue weighted by atomic mass is 10.1. The molecule has 0 amide bonds. The van der Waals surface area contributed by atoms with E-state index in [9.17, 15) is 0 Å². The number of ether oxygens (including phenoxy) is 1. The van der Waals surface area contributed by atoms with Crippen LogP contribution in [0.3, 0.4) is 0 Å². The minimum Gasteiger partial charge on any atom is -0.377 e. The number of nitrogens with zero attached hydrogens (tertiary/aromatic N) is 3. The molecule has 2 atom stereocenters. The van der Waals surface area contributed by atoms with Crippen molar-refractivity contribution in [2.75, 3.05) is 27.2 Å². The minimum absolute atomic E-state index is 0.0812. The van der Waals surface area contributed by atoms with Gasteiger partial charge < -0.3 is 15.4 Å². The third-order valence-corrected chi connectivity index (χ3v) is 3.13. The van der Waals surface area contributed by atoms with E-state index in [4.69, 9.17) is 22.1 Å². The standard InChI is InChI=1S/C12H23ClN4O/c1-5-18-9(2)11(14)12-10(13)8-15-17(12)7-6-16(3)4/h8-9,11H,5-7,14H2,1-4H3. The molecule has 0 spiro atoms. The SMILES string of the molecule is CCOC(C)C(N)c1c(Cl)cnn1CCN(C)C. The molecule has 0 saturated carbocycles. The van der Waals surface area contributed by atoms with Gasteiger partial charge >= 0.3 is 0 Å². The maximum absolute atomic E-state index is 6.19. The predicted octanol–water partition coefficient (Wildman–Crippen LogP) is 1.52. The monoisotopic (exact) mass is 274 g/mol. The van der Waals surface area contributed by atoms with Gasteiger partial charge in [0.1, 0.15) is 0 Å². The van der Waals surface area contributed by atoms with Gasteiger partial charge in [-0.15, -0.1) is 0 Å². The molecular formula is C12H23ClN4O. The highest BCUT2D eigenvalue weighted by Gasteiger charge is 2.22. The predicted molar refractivity (Wildman–Crippen MR) is 73.8 cm³/mol. The number of rotatable bonds is 7. The summed E-state index contributed by atoms with van der Waals surface area (Å²) in [6, 6.07) is -0.262. The average Bonchev–Trinajstić information content (AvgIpc) is 2.67. The molecule has 0 fully saturated rings. The molecule has 0 aliphatic heterocycles. The van der Waals surface area contributed by atoms with Gasteiger partial charge in [-0.05, 0) is 27.9 Å². The molecule has 2 unspecified atom stereocenters. The lowest BCUT2D eigenvalue weighted by molar-refractivity contribution is 0.0552. The van der Waals surface area contributed by atoms with Crippen molar-refractivity contribution in [1.82, 2.24) is 14.7 Å². The molecule has 1 aromatic heterocycles. The van der Waals surface area contributed by atoms with Gasteiger partial charge in [0, 0.05) is 13.2 Å². The summed E-state index contributed by atoms with van der Waals surface area (Å²) < 4.78 is 7.39. The summed E-state index contributed by atoms with van der Waals surface area (Å²) >= 11 is 6.17. The van der Waals surface area contributed by atoms with E-state index in [1.807, 2.05) is 32.6 Å². The Morgan fingerprint density at radius 1 is 1.56 bits per heavy atom. The molecule has 0 bridgehead atoms. The minimum atomic E-state index is -0.262. The normalized spacial score (nSPS) is 15.1. The number of hydrogen-bond acceptors (Lipinski definition) is 4. The Hall–Kier alpha value is -0.620. The molecular weight excluding hydrogens is 252 g/mol. The van der Waals surface area contributed by atoms with E-state index in [-0.39, 0.29) is 12.1 Å². The van der Waals surface area contributed by atoms with Crippen LogP contribution in [0.5, 0.6) is 0 Å². The second kappa shape index (κ2) is 7.09. The molecule has 0 aliphatic rings. The zero-order valence-electron chi connectivity index (χ0n) is 11.6. The first-order chi connectivity index (χ1) is 8.47. The highest BCUT2D eigenvalue weighted by atomic mass is 35.5. The number of aromatic nitrogens is 2. The van der Waals surface area contributed by atoms with Gasteiger partial charge in [-0.2, -0.15) is 5.10 Å². The molecule has 0 saturated heterocycles. The van der Waals surface area contributed by atoms with Gasteiger partial charge in [-0.25, -0.2) is 0 Å². The van der Waals surface area contributed by atoms with Gasteiger partial charge in [0.15, 0.2) is 0 Å². The first-order valence-corrected chi connectivity index (χ1v) is 6.58. The van der Waals surface area contributed by atoms with Crippen molar-refractivity contribution < 1.29 is 4.74 Å². The second-order valence-corrected chi connectivity index (χ2v) is 5.00. The summed E-state index contributed by atoms with van der Waals surface area (Å²) in [5, 5.41) is 4.88. The summed E-state index contributed by atoms with van der Waals surface area (Å²) in [6.07, 6.45) is 1.56. The Balaban J connectivity index is 2.82. The van der Waals surface area contributed by atoms with Crippen molar-refractivity contribution in [3.8, 4) is 0 Å². The second-order valence-electron chi connectivity index (χ2n) is 4.59. The summed E-state index contributed by atoms with van der Waals surface area (Å²) in [6.45, 7) is 6.20. The lowest BCUT2D eigenvalue weighted by Gasteiger charge is -2.22. The number of halogens is 1. The van der Waals surface area contributed by atoms with E-state index in [1.165, 1.54) is 0 Å². The van der Waals surface area contributed by atoms with Crippen LogP contribution in [0.15, 0.2) is 6.20 Å². The van der Waals surface area contributed by atoms with Gasteiger partial charge in [-0.3, -0.25) is 4.68 Å². The fraction of sp³-hybridized carbons (Fsp3) is 0.750. The molecule has 5 nitrogen and oxygen atoms in total. The zero-order valence-corrected chi connectivity index (χ0v) is 12.3. The Labute approximate surface area is 114 Å². The molecule has 0 radical (unpaired) electrons. The van der Waals surface area contributed by atoms with E-state index in [0.717, 1.165) is 18.8 Å². The fourth-order valence-corrected chi connectivity index (χ4v) is 2.03. The maximum Gasteiger partial charge on any atom is 0.0835 e. The van der Waals surface area contributed by atoms with Crippen molar-refractivity contribution in [3.05, 3.63) is 16.9 Å². The van der Waals surface area contributed by atoms with E-state index < -0.39 is 0 Å². The molecule has 0 aromatic carbocycles. The first-order valence-electron chi connectivity index (χ1n) is 6.20. The topological polar surface area (TPSA) is 56.3 Å². The molecule has 2 N–H and O–H groups in total. The Morgan fingerprint density at radius 3 is 2.78 bits per heavy atom. The van der Waals surface area contributed by atoms with Crippen LogP contribution in [0.2, 0.25) is 5.02 Å². The third-order valence-electron chi connectivity index (χ3n) is 2.84. The molecule has 104 valence electrons. The van der Waals surface area contributed by atoms with Crippen molar-refractivity contribution in [3.63, 3.8) is 0 Å². The fourth-order valence-electron chi connectivity index (χ4n) is 1.77. The largest absolute Gasteiger partial charge is 0.377 e. The van der Waals surface area contributed by atoms with Crippen molar-refractivity contribution in [2.24, 2.45) is 5.73 Å². The highest BCUT2D eigenvalue weighted by molar-refractivity contribution is 6.31. The van der Waals surface area contributed by atoms with Crippen LogP contribution < -0.4 is 5.73 Å². The van der Waals surface area contributed by atoms with Crippen LogP contribution in [0, 0.1) is 0 Å². The summed E-state index contributed by atoms with van der Waals surface area (Å²) in [5.41, 5.74) is 7.04. The van der Waals surface area contributed by atoms with Crippen LogP contribution in [-0.4, -0.2) is 48.0 Å². The first kappa shape index (κ1) is 15.4. The van der Waals surface area contributed by atoms with E-state index >= 15 is 0 Å². The molecule has 1 rings (SSSR count). The van der Waals surface area contributed by atoms with Crippen LogP contribution >= 0.6 is 11.6 Å². The highest BCUT2D eigenvalue weighted by Crippen LogP contribution is 2.24. The van der Waals surface area contributed by atoms with Crippen LogP contribution in [0.1, 0.15) is 25.6 Å². The molecule has 1 aromatic rings. The summed E-state index contributed by atoms with van der Waals surface area (Å²) in [5.74, 6) is 0. The Kier molecular flexibility index (Phi) is 6.08. The summed E-state index contributed by atoms with van der Waals surface area (Å²) in [4.78, 5) is 2.09. The molecule has 6 heteroatoms. The zero-order chi connectivity index (χ0) is 13.7. The van der Waals surface area contributed by atoms with Crippen molar-refractivity contribution >= 4 is 11.6 Å². The average molecular weight is 275 g/mol. The maximum atomic E-state index is 6.19. The smallest absolute Gasteiger partial charge is 0.0835 e. The Bertz CT molecular complexity index is 367. The van der Waals surface area contributed by atoms with Crippen molar-refractivity contribution in [1.29, 1.82) is 0 Å². The molecule has 0 aliphatic carbocycles. The van der Waals surface area contributed by atoms with Gasteiger partial charge in [0.05, 0.1) is 35.6 Å². The summed E-state index contributed by atoms with van der Waals surface area (Å²) in [7, 11) is 4.04. The van der Waals surface area contributed by atoms with Crippen LogP contribution in [0.25, 0.3) is 0 Å². The third kappa shape index (κ3) is 3.95. The number of likely N-dealkylation sites (N-methyl/N-ethyl adjacent to an activating group) is 1. The van der Waals surface area contributed by atoms with E-state index in [0.29, 0.717) is 11.6 Å². The molecule has 1 heterocycles. The molecule has 18 heavy (non-hydrogen) atoms. The van der Waals surface area contributed by atoms with Crippen LogP contribution in [-0.2, 0) is 11.3 Å². The quantitative estimate of drug-likeness (QED) is 0.819. The van der Waals surface area contributed by atoms with Crippen molar-refractivity contribution in [2.45, 2.75) is 32.5 Å². The van der Waals surface area contributed by atoms with Gasteiger partial charge in [0.25, 0.3) is 0 Å². The van der Waals surface area contributed by atoms with E-state index in [2.05, 4.69) is 10.00 Å². The van der Waals surface area contributed by atoms with Crippen LogP contribution in [0.4, 0.5) is 0 Å². The van der Waals surface area contributed by atoms with E-state index in [1.54, 1.807) is 6.20 Å². The number of nitrogens with two attached hydrogens (primary N) is 1. The van der Waals surface area contributed by atoms with Gasteiger partial charge in [-0.1, -0.05) is 11.6 Å². The Morgan fingerprint density at radius 2 is 2.22 bits per heavy atom. The van der Waals surface area contributed by atoms with Gasteiger partial charge in [0.2, 0.25) is 0 Å².